The smallest absolute Gasteiger partial charge is 0.322 e. The summed E-state index contributed by atoms with van der Waals surface area (Å²) in [6.45, 7) is 3.84. The van der Waals surface area contributed by atoms with Gasteiger partial charge in [0.25, 0.3) is 0 Å². The first-order chi connectivity index (χ1) is 18.4. The second-order valence-electron chi connectivity index (χ2n) is 8.90. The number of carbonyl (C=O) groups excluding carboxylic acids is 2. The first kappa shape index (κ1) is 29.0. The molecule has 1 N–H and O–H groups in total. The fourth-order valence-corrected chi connectivity index (χ4v) is 4.66. The van der Waals surface area contributed by atoms with Gasteiger partial charge in [-0.2, -0.15) is 0 Å². The van der Waals surface area contributed by atoms with Crippen LogP contribution < -0.4 is 14.8 Å². The predicted octanol–water partition coefficient (Wildman–Crippen LogP) is 5.22. The van der Waals surface area contributed by atoms with Crippen LogP contribution in [0.3, 0.4) is 0 Å². The van der Waals surface area contributed by atoms with Crippen molar-refractivity contribution in [3.05, 3.63) is 76.0 Å². The average molecular weight is 540 g/mol. The van der Waals surface area contributed by atoms with E-state index in [4.69, 9.17) is 14.2 Å². The topological polar surface area (TPSA) is 80.3 Å². The number of carbonyl (C=O) groups is 2. The van der Waals surface area contributed by atoms with Gasteiger partial charge in [-0.3, -0.25) is 4.79 Å². The number of hydrogen-bond acceptors (Lipinski definition) is 6. The van der Waals surface area contributed by atoms with E-state index in [1.54, 1.807) is 37.6 Å². The second-order valence-corrected chi connectivity index (χ2v) is 9.93. The highest BCUT2D eigenvalue weighted by atomic mass is 32.1. The van der Waals surface area contributed by atoms with Gasteiger partial charge in [0, 0.05) is 37.4 Å². The first-order valence-corrected chi connectivity index (χ1v) is 13.4. The van der Waals surface area contributed by atoms with E-state index < -0.39 is 0 Å². The van der Waals surface area contributed by atoms with Gasteiger partial charge >= 0.3 is 6.03 Å². The Morgan fingerprint density at radius 3 is 2.34 bits per heavy atom. The molecule has 0 aliphatic rings. The lowest BCUT2D eigenvalue weighted by Gasteiger charge is -2.28. The zero-order valence-corrected chi connectivity index (χ0v) is 23.4. The summed E-state index contributed by atoms with van der Waals surface area (Å²) in [5, 5.41) is 4.92. The van der Waals surface area contributed by atoms with Crippen LogP contribution in [0.4, 0.5) is 10.5 Å². The molecule has 0 radical (unpaired) electrons. The van der Waals surface area contributed by atoms with Gasteiger partial charge in [-0.15, -0.1) is 11.3 Å². The fourth-order valence-electron chi connectivity index (χ4n) is 3.94. The second kappa shape index (κ2) is 15.0. The van der Waals surface area contributed by atoms with Gasteiger partial charge < -0.3 is 29.3 Å². The Bertz CT molecular complexity index is 1150. The van der Waals surface area contributed by atoms with Crippen LogP contribution in [0.1, 0.15) is 22.4 Å². The number of aryl methyl sites for hydroxylation is 1. The molecule has 0 bridgehead atoms. The van der Waals surface area contributed by atoms with E-state index >= 15 is 0 Å². The van der Waals surface area contributed by atoms with Gasteiger partial charge in [-0.25, -0.2) is 4.79 Å². The number of benzene rings is 2. The standard InChI is InChI=1S/C29H37N3O5S/c1-22-8-11-24(12-9-22)30-29(34)32(15-6-17-35-2)21-28(33)31(20-25-7-5-18-38-25)16-14-23-10-13-26(36-3)27(19-23)37-4/h5,7-13,18-19H,6,14-17,20-21H2,1-4H3,(H,30,34). The molecular weight excluding hydrogens is 502 g/mol. The van der Waals surface area contributed by atoms with Crippen molar-refractivity contribution < 1.29 is 23.8 Å². The Labute approximate surface area is 229 Å². The molecule has 0 saturated heterocycles. The molecule has 8 nitrogen and oxygen atoms in total. The number of hydrogen-bond donors (Lipinski definition) is 1. The van der Waals surface area contributed by atoms with Crippen molar-refractivity contribution in [2.24, 2.45) is 0 Å². The molecule has 0 atom stereocenters. The first-order valence-electron chi connectivity index (χ1n) is 12.6. The molecule has 2 aromatic carbocycles. The summed E-state index contributed by atoms with van der Waals surface area (Å²) in [6.07, 6.45) is 1.26. The lowest BCUT2D eigenvalue weighted by molar-refractivity contribution is -0.132. The molecule has 0 unspecified atom stereocenters. The van der Waals surface area contributed by atoms with Gasteiger partial charge in [0.15, 0.2) is 11.5 Å². The number of methoxy groups -OCH3 is 3. The quantitative estimate of drug-likeness (QED) is 0.284. The summed E-state index contributed by atoms with van der Waals surface area (Å²) in [4.78, 5) is 31.2. The SMILES string of the molecule is COCCCN(CC(=O)N(CCc1ccc(OC)c(OC)c1)Cc1cccs1)C(=O)Nc1ccc(C)cc1. The van der Waals surface area contributed by atoms with E-state index in [1.807, 2.05) is 71.8 Å². The normalized spacial score (nSPS) is 10.6. The molecular formula is C29H37N3O5S. The molecule has 1 heterocycles. The van der Waals surface area contributed by atoms with Crippen molar-refractivity contribution in [2.75, 3.05) is 52.9 Å². The van der Waals surface area contributed by atoms with Crippen molar-refractivity contribution in [3.63, 3.8) is 0 Å². The molecule has 0 spiro atoms. The molecule has 9 heteroatoms. The monoisotopic (exact) mass is 539 g/mol. The summed E-state index contributed by atoms with van der Waals surface area (Å²) in [7, 11) is 4.83. The number of ether oxygens (including phenoxy) is 3. The highest BCUT2D eigenvalue weighted by molar-refractivity contribution is 7.09. The van der Waals surface area contributed by atoms with E-state index in [2.05, 4.69) is 5.32 Å². The maximum absolute atomic E-state index is 13.6. The molecule has 0 aliphatic heterocycles. The summed E-state index contributed by atoms with van der Waals surface area (Å²) in [6, 6.07) is 17.0. The Hall–Kier alpha value is -3.56. The molecule has 3 rings (SSSR count). The molecule has 204 valence electrons. The number of thiophene rings is 1. The lowest BCUT2D eigenvalue weighted by atomic mass is 10.1. The van der Waals surface area contributed by atoms with Gasteiger partial charge in [0.05, 0.1) is 20.8 Å². The number of anilines is 1. The summed E-state index contributed by atoms with van der Waals surface area (Å²) < 4.78 is 15.9. The average Bonchev–Trinajstić information content (AvgIpc) is 3.44. The Morgan fingerprint density at radius 2 is 1.68 bits per heavy atom. The minimum Gasteiger partial charge on any atom is -0.493 e. The fraction of sp³-hybridized carbons (Fsp3) is 0.379. The lowest BCUT2D eigenvalue weighted by Crippen LogP contribution is -2.45. The Balaban J connectivity index is 1.73. The van der Waals surface area contributed by atoms with E-state index in [0.29, 0.717) is 56.3 Å². The third-order valence-electron chi connectivity index (χ3n) is 6.09. The molecule has 3 amide bonds. The van der Waals surface area contributed by atoms with Crippen LogP contribution in [-0.2, 0) is 22.5 Å². The maximum Gasteiger partial charge on any atom is 0.322 e. The van der Waals surface area contributed by atoms with Crippen molar-refractivity contribution in [3.8, 4) is 11.5 Å². The number of amides is 3. The molecule has 0 aliphatic carbocycles. The van der Waals surface area contributed by atoms with Crippen LogP contribution in [0.25, 0.3) is 0 Å². The highest BCUT2D eigenvalue weighted by Gasteiger charge is 2.22. The number of nitrogens with one attached hydrogen (secondary N) is 1. The minimum absolute atomic E-state index is 0.0290. The highest BCUT2D eigenvalue weighted by Crippen LogP contribution is 2.28. The summed E-state index contributed by atoms with van der Waals surface area (Å²) in [5.41, 5.74) is 2.82. The maximum atomic E-state index is 13.6. The van der Waals surface area contributed by atoms with E-state index in [9.17, 15) is 9.59 Å². The van der Waals surface area contributed by atoms with Crippen molar-refractivity contribution >= 4 is 29.0 Å². The number of rotatable bonds is 14. The van der Waals surface area contributed by atoms with Gasteiger partial charge in [-0.1, -0.05) is 29.8 Å². The zero-order chi connectivity index (χ0) is 27.3. The largest absolute Gasteiger partial charge is 0.493 e. The van der Waals surface area contributed by atoms with Crippen LogP contribution >= 0.6 is 11.3 Å². The molecule has 1 aromatic heterocycles. The van der Waals surface area contributed by atoms with E-state index in [-0.39, 0.29) is 18.5 Å². The van der Waals surface area contributed by atoms with Crippen LogP contribution in [-0.4, -0.2) is 69.3 Å². The zero-order valence-electron chi connectivity index (χ0n) is 22.6. The molecule has 3 aromatic rings. The van der Waals surface area contributed by atoms with Gasteiger partial charge in [0.2, 0.25) is 5.91 Å². The van der Waals surface area contributed by atoms with Crippen molar-refractivity contribution in [2.45, 2.75) is 26.3 Å². The van der Waals surface area contributed by atoms with Crippen LogP contribution in [0.15, 0.2) is 60.0 Å². The number of nitrogens with zero attached hydrogens (tertiary/aromatic N) is 2. The van der Waals surface area contributed by atoms with Gasteiger partial charge in [-0.05, 0) is 61.0 Å². The predicted molar refractivity (Wildman–Crippen MR) is 151 cm³/mol. The molecule has 0 saturated carbocycles. The Morgan fingerprint density at radius 1 is 0.921 bits per heavy atom. The van der Waals surface area contributed by atoms with E-state index in [1.165, 1.54) is 0 Å². The van der Waals surface area contributed by atoms with Crippen LogP contribution in [0.5, 0.6) is 11.5 Å². The van der Waals surface area contributed by atoms with Crippen molar-refractivity contribution in [1.82, 2.24) is 9.80 Å². The van der Waals surface area contributed by atoms with Crippen LogP contribution in [0, 0.1) is 6.92 Å². The van der Waals surface area contributed by atoms with Crippen molar-refractivity contribution in [1.29, 1.82) is 0 Å². The Kier molecular flexibility index (Phi) is 11.4. The third-order valence-corrected chi connectivity index (χ3v) is 6.95. The molecule has 38 heavy (non-hydrogen) atoms. The van der Waals surface area contributed by atoms with E-state index in [0.717, 1.165) is 16.0 Å². The summed E-state index contributed by atoms with van der Waals surface area (Å²) in [5.74, 6) is 1.20. The van der Waals surface area contributed by atoms with Crippen LogP contribution in [0.2, 0.25) is 0 Å². The molecule has 0 fully saturated rings. The van der Waals surface area contributed by atoms with Gasteiger partial charge in [0.1, 0.15) is 6.54 Å². The third kappa shape index (κ3) is 8.78. The summed E-state index contributed by atoms with van der Waals surface area (Å²) >= 11 is 1.61. The minimum atomic E-state index is -0.311. The number of urea groups is 1.